The second-order valence-corrected chi connectivity index (χ2v) is 11.3. The second kappa shape index (κ2) is 12.2. The number of hydrogen-bond acceptors (Lipinski definition) is 4. The van der Waals surface area contributed by atoms with E-state index in [0.717, 1.165) is 53.9 Å². The molecule has 0 amide bonds. The number of hydrogen-bond donors (Lipinski definition) is 0. The molecule has 0 aromatic heterocycles. The summed E-state index contributed by atoms with van der Waals surface area (Å²) >= 11 is 0. The third kappa shape index (κ3) is 6.44. The lowest BCUT2D eigenvalue weighted by atomic mass is 9.77. The van der Waals surface area contributed by atoms with Gasteiger partial charge in [-0.25, -0.2) is 4.79 Å². The Labute approximate surface area is 218 Å². The van der Waals surface area contributed by atoms with E-state index < -0.39 is 5.60 Å². The number of unbranched alkanes of at least 4 members (excludes halogenated alkanes) is 6. The summed E-state index contributed by atoms with van der Waals surface area (Å²) in [6, 6.07) is 10.1. The fraction of sp³-hybridized carbons (Fsp3) is 0.594. The van der Waals surface area contributed by atoms with Crippen LogP contribution in [0.2, 0.25) is 0 Å². The highest BCUT2D eigenvalue weighted by Gasteiger charge is 2.36. The molecule has 0 N–H and O–H groups in total. The number of rotatable bonds is 13. The van der Waals surface area contributed by atoms with E-state index in [2.05, 4.69) is 53.7 Å². The Hall–Kier alpha value is -2.49. The maximum atomic E-state index is 12.8. The van der Waals surface area contributed by atoms with Gasteiger partial charge in [0.15, 0.2) is 0 Å². The van der Waals surface area contributed by atoms with Gasteiger partial charge in [0.2, 0.25) is 0 Å². The summed E-state index contributed by atoms with van der Waals surface area (Å²) in [6.07, 6.45) is 10.4. The molecule has 2 aromatic carbocycles. The fourth-order valence-corrected chi connectivity index (χ4v) is 5.14. The highest BCUT2D eigenvalue weighted by Crippen LogP contribution is 2.51. The molecule has 1 aliphatic heterocycles. The number of esters is 1. The number of ether oxygens (including phenoxy) is 3. The van der Waals surface area contributed by atoms with E-state index in [0.29, 0.717) is 12.2 Å². The zero-order valence-electron chi connectivity index (χ0n) is 23.6. The molecule has 198 valence electrons. The van der Waals surface area contributed by atoms with Crippen LogP contribution in [-0.4, -0.2) is 19.7 Å². The maximum Gasteiger partial charge on any atom is 0.338 e. The van der Waals surface area contributed by atoms with E-state index in [1.165, 1.54) is 37.7 Å². The molecule has 4 nitrogen and oxygen atoms in total. The van der Waals surface area contributed by atoms with E-state index in [1.807, 2.05) is 18.2 Å². The third-order valence-electron chi connectivity index (χ3n) is 7.49. The minimum absolute atomic E-state index is 0.00720. The molecule has 0 spiro atoms. The van der Waals surface area contributed by atoms with Crippen molar-refractivity contribution in [1.29, 1.82) is 0 Å². The Kier molecular flexibility index (Phi) is 9.49. The summed E-state index contributed by atoms with van der Waals surface area (Å²) < 4.78 is 18.1. The molecular formula is C32H46O4. The molecule has 0 saturated carbocycles. The molecular weight excluding hydrogens is 448 g/mol. The molecule has 0 aliphatic carbocycles. The first kappa shape index (κ1) is 28.1. The van der Waals surface area contributed by atoms with E-state index in [4.69, 9.17) is 14.2 Å². The molecule has 1 aliphatic rings. The van der Waals surface area contributed by atoms with Gasteiger partial charge in [0, 0.05) is 5.56 Å². The summed E-state index contributed by atoms with van der Waals surface area (Å²) in [5.41, 5.74) is 4.19. The maximum absolute atomic E-state index is 12.8. The van der Waals surface area contributed by atoms with E-state index in [1.54, 1.807) is 7.11 Å². The van der Waals surface area contributed by atoms with Crippen molar-refractivity contribution in [3.8, 4) is 22.6 Å². The van der Waals surface area contributed by atoms with Gasteiger partial charge in [-0.1, -0.05) is 78.7 Å². The quantitative estimate of drug-likeness (QED) is 0.206. The molecule has 2 aromatic rings. The van der Waals surface area contributed by atoms with Crippen LogP contribution in [0.3, 0.4) is 0 Å². The SMILES string of the molecule is CCCCCCOC(=O)c1ccc2c(c1)-c1c(OC)cc(C(C)(C)CCCCCC)cc1OC2(C)C. The van der Waals surface area contributed by atoms with Crippen molar-refractivity contribution < 1.29 is 19.0 Å². The van der Waals surface area contributed by atoms with Crippen LogP contribution in [0, 0.1) is 0 Å². The third-order valence-corrected chi connectivity index (χ3v) is 7.49. The van der Waals surface area contributed by atoms with Crippen molar-refractivity contribution in [3.05, 3.63) is 47.0 Å². The van der Waals surface area contributed by atoms with Gasteiger partial charge in [0.05, 0.1) is 24.8 Å². The average Bonchev–Trinajstić information content (AvgIpc) is 2.85. The lowest BCUT2D eigenvalue weighted by Crippen LogP contribution is -2.30. The Morgan fingerprint density at radius 3 is 2.31 bits per heavy atom. The van der Waals surface area contributed by atoms with Crippen LogP contribution in [0.25, 0.3) is 11.1 Å². The first-order valence-corrected chi connectivity index (χ1v) is 13.9. The monoisotopic (exact) mass is 494 g/mol. The van der Waals surface area contributed by atoms with Crippen molar-refractivity contribution in [3.63, 3.8) is 0 Å². The number of carbonyl (C=O) groups is 1. The van der Waals surface area contributed by atoms with Gasteiger partial charge >= 0.3 is 5.97 Å². The number of benzene rings is 2. The predicted octanol–water partition coefficient (Wildman–Crippen LogP) is 8.97. The van der Waals surface area contributed by atoms with Gasteiger partial charge < -0.3 is 14.2 Å². The van der Waals surface area contributed by atoms with Crippen molar-refractivity contribution >= 4 is 5.97 Å². The zero-order valence-corrected chi connectivity index (χ0v) is 23.6. The van der Waals surface area contributed by atoms with Gasteiger partial charge in [-0.15, -0.1) is 0 Å². The lowest BCUT2D eigenvalue weighted by Gasteiger charge is -2.37. The van der Waals surface area contributed by atoms with Crippen LogP contribution < -0.4 is 9.47 Å². The van der Waals surface area contributed by atoms with Crippen molar-refractivity contribution in [1.82, 2.24) is 0 Å². The summed E-state index contributed by atoms with van der Waals surface area (Å²) in [6.45, 7) is 13.6. The number of carbonyl (C=O) groups excluding carboxylic acids is 1. The topological polar surface area (TPSA) is 44.8 Å². The average molecular weight is 495 g/mol. The Balaban J connectivity index is 1.95. The Bertz CT molecular complexity index is 1030. The number of fused-ring (bicyclic) bond motifs is 3. The van der Waals surface area contributed by atoms with Crippen molar-refractivity contribution in [2.24, 2.45) is 0 Å². The highest BCUT2D eigenvalue weighted by atomic mass is 16.5. The smallest absolute Gasteiger partial charge is 0.338 e. The van der Waals surface area contributed by atoms with E-state index >= 15 is 0 Å². The summed E-state index contributed by atoms with van der Waals surface area (Å²) in [5, 5.41) is 0. The first-order chi connectivity index (χ1) is 17.1. The van der Waals surface area contributed by atoms with Gasteiger partial charge in [0.1, 0.15) is 17.1 Å². The van der Waals surface area contributed by atoms with Crippen LogP contribution in [0.5, 0.6) is 11.5 Å². The molecule has 0 fully saturated rings. The van der Waals surface area contributed by atoms with Crippen LogP contribution in [0.4, 0.5) is 0 Å². The van der Waals surface area contributed by atoms with Gasteiger partial charge in [0.25, 0.3) is 0 Å². The normalized spacial score (nSPS) is 14.0. The summed E-state index contributed by atoms with van der Waals surface area (Å²) in [7, 11) is 1.71. The summed E-state index contributed by atoms with van der Waals surface area (Å²) in [5.74, 6) is 1.32. The summed E-state index contributed by atoms with van der Waals surface area (Å²) in [4.78, 5) is 12.8. The lowest BCUT2D eigenvalue weighted by molar-refractivity contribution is 0.0497. The zero-order chi connectivity index (χ0) is 26.3. The predicted molar refractivity (Wildman–Crippen MR) is 148 cm³/mol. The molecule has 4 heteroatoms. The van der Waals surface area contributed by atoms with Crippen LogP contribution in [0.1, 0.15) is 121 Å². The first-order valence-electron chi connectivity index (χ1n) is 13.9. The van der Waals surface area contributed by atoms with E-state index in [-0.39, 0.29) is 11.4 Å². The minimum atomic E-state index is -0.528. The van der Waals surface area contributed by atoms with Crippen LogP contribution in [0.15, 0.2) is 30.3 Å². The van der Waals surface area contributed by atoms with Crippen LogP contribution >= 0.6 is 0 Å². The number of methoxy groups -OCH3 is 1. The molecule has 0 unspecified atom stereocenters. The van der Waals surface area contributed by atoms with Gasteiger partial charge in [-0.3, -0.25) is 0 Å². The van der Waals surface area contributed by atoms with Crippen molar-refractivity contribution in [2.75, 3.05) is 13.7 Å². The fourth-order valence-electron chi connectivity index (χ4n) is 5.14. The van der Waals surface area contributed by atoms with Gasteiger partial charge in [-0.05, 0) is 67.5 Å². The standard InChI is InChI=1S/C32H46O4/c1-8-10-12-14-18-31(3,4)24-21-27(34-7)29-25-20-23(30(33)35-19-15-13-11-9-2)16-17-26(25)32(5,6)36-28(29)22-24/h16-17,20-22H,8-15,18-19H2,1-7H3. The molecule has 0 atom stereocenters. The largest absolute Gasteiger partial charge is 0.496 e. The molecule has 0 radical (unpaired) electrons. The Morgan fingerprint density at radius 1 is 0.944 bits per heavy atom. The second-order valence-electron chi connectivity index (χ2n) is 11.3. The minimum Gasteiger partial charge on any atom is -0.496 e. The Morgan fingerprint density at radius 2 is 1.64 bits per heavy atom. The molecule has 1 heterocycles. The highest BCUT2D eigenvalue weighted by molar-refractivity contribution is 5.93. The van der Waals surface area contributed by atoms with E-state index in [9.17, 15) is 4.79 Å². The van der Waals surface area contributed by atoms with Crippen molar-refractivity contribution in [2.45, 2.75) is 110 Å². The molecule has 36 heavy (non-hydrogen) atoms. The molecule has 0 saturated heterocycles. The van der Waals surface area contributed by atoms with Crippen LogP contribution in [-0.2, 0) is 15.8 Å². The van der Waals surface area contributed by atoms with Gasteiger partial charge in [-0.2, -0.15) is 0 Å². The molecule has 0 bridgehead atoms. The molecule has 3 rings (SSSR count).